The average molecular weight is 372 g/mol. The maximum atomic E-state index is 13.6. The third kappa shape index (κ3) is 3.10. The van der Waals surface area contributed by atoms with Gasteiger partial charge in [0.1, 0.15) is 0 Å². The molecule has 3 nitrogen and oxygen atoms in total. The fourth-order valence-corrected chi connectivity index (χ4v) is 6.73. The van der Waals surface area contributed by atoms with E-state index in [9.17, 15) is 4.79 Å². The van der Waals surface area contributed by atoms with Crippen LogP contribution in [0.25, 0.3) is 0 Å². The van der Waals surface area contributed by atoms with Crippen molar-refractivity contribution in [2.24, 2.45) is 28.6 Å². The quantitative estimate of drug-likeness (QED) is 0.685. The molecule has 0 aromatic heterocycles. The van der Waals surface area contributed by atoms with E-state index in [0.717, 1.165) is 25.9 Å². The van der Waals surface area contributed by atoms with Crippen LogP contribution in [0, 0.1) is 28.6 Å². The Bertz CT molecular complexity index is 657. The summed E-state index contributed by atoms with van der Waals surface area (Å²) in [5, 5.41) is 0. The fraction of sp³-hybridized carbons (Fsp3) is 0.792. The van der Waals surface area contributed by atoms with E-state index < -0.39 is 0 Å². The largest absolute Gasteiger partial charge is 0.378 e. The van der Waals surface area contributed by atoms with Crippen molar-refractivity contribution in [3.63, 3.8) is 0 Å². The Labute approximate surface area is 165 Å². The van der Waals surface area contributed by atoms with Crippen molar-refractivity contribution >= 4 is 5.91 Å². The molecule has 0 aromatic rings. The van der Waals surface area contributed by atoms with Gasteiger partial charge in [0.15, 0.2) is 0 Å². The molecule has 1 heterocycles. The Morgan fingerprint density at radius 1 is 1.22 bits per heavy atom. The van der Waals surface area contributed by atoms with E-state index in [-0.39, 0.29) is 10.8 Å². The maximum absolute atomic E-state index is 13.6. The highest BCUT2D eigenvalue weighted by molar-refractivity contribution is 5.83. The summed E-state index contributed by atoms with van der Waals surface area (Å²) in [4.78, 5) is 15.7. The molecular weight excluding hydrogens is 334 g/mol. The van der Waals surface area contributed by atoms with Gasteiger partial charge in [-0.15, -0.1) is 0 Å². The molecule has 1 amide bonds. The topological polar surface area (TPSA) is 29.5 Å². The summed E-state index contributed by atoms with van der Waals surface area (Å²) in [6.45, 7) is 12.3. The van der Waals surface area contributed by atoms with Crippen molar-refractivity contribution in [2.75, 3.05) is 26.3 Å². The van der Waals surface area contributed by atoms with Gasteiger partial charge in [-0.05, 0) is 60.8 Å². The lowest BCUT2D eigenvalue weighted by atomic mass is 9.46. The molecule has 150 valence electrons. The zero-order valence-electron chi connectivity index (χ0n) is 17.7. The summed E-state index contributed by atoms with van der Waals surface area (Å²) >= 11 is 0. The Balaban J connectivity index is 1.65. The molecular formula is C24H37NO2. The van der Waals surface area contributed by atoms with Crippen LogP contribution < -0.4 is 0 Å². The van der Waals surface area contributed by atoms with E-state index in [1.165, 1.54) is 25.7 Å². The molecule has 0 radical (unpaired) electrons. The highest BCUT2D eigenvalue weighted by atomic mass is 16.5. The molecule has 2 fully saturated rings. The third-order valence-electron chi connectivity index (χ3n) is 8.37. The highest BCUT2D eigenvalue weighted by Crippen LogP contribution is 2.62. The molecule has 0 spiro atoms. The minimum atomic E-state index is -0.214. The highest BCUT2D eigenvalue weighted by Gasteiger charge is 2.57. The Morgan fingerprint density at radius 3 is 2.67 bits per heavy atom. The second-order valence-corrected chi connectivity index (χ2v) is 10.1. The summed E-state index contributed by atoms with van der Waals surface area (Å²) < 4.78 is 5.49. The molecule has 2 unspecified atom stereocenters. The molecule has 0 aromatic carbocycles. The Hall–Kier alpha value is -1.09. The van der Waals surface area contributed by atoms with Gasteiger partial charge in [-0.2, -0.15) is 0 Å². The zero-order chi connectivity index (χ0) is 19.2. The number of amides is 1. The number of rotatable bonds is 2. The molecule has 3 heteroatoms. The third-order valence-corrected chi connectivity index (χ3v) is 8.37. The molecule has 4 rings (SSSR count). The average Bonchev–Trinajstić information content (AvgIpc) is 2.67. The van der Waals surface area contributed by atoms with Gasteiger partial charge in [0.25, 0.3) is 0 Å². The summed E-state index contributed by atoms with van der Waals surface area (Å²) in [6, 6.07) is 0. The monoisotopic (exact) mass is 371 g/mol. The molecule has 1 aliphatic heterocycles. The smallest absolute Gasteiger partial charge is 0.228 e. The van der Waals surface area contributed by atoms with Crippen molar-refractivity contribution in [3.05, 3.63) is 23.3 Å². The van der Waals surface area contributed by atoms with Crippen molar-refractivity contribution in [1.82, 2.24) is 4.90 Å². The minimum Gasteiger partial charge on any atom is -0.378 e. The summed E-state index contributed by atoms with van der Waals surface area (Å²) in [6.07, 6.45) is 12.1. The van der Waals surface area contributed by atoms with Crippen molar-refractivity contribution in [1.29, 1.82) is 0 Å². The van der Waals surface area contributed by atoms with E-state index in [4.69, 9.17) is 4.74 Å². The number of allylic oxidation sites excluding steroid dienone is 4. The second kappa shape index (κ2) is 7.06. The van der Waals surface area contributed by atoms with E-state index in [0.29, 0.717) is 36.9 Å². The number of carbonyl (C=O) groups is 1. The van der Waals surface area contributed by atoms with Crippen LogP contribution in [-0.2, 0) is 9.53 Å². The van der Waals surface area contributed by atoms with Crippen molar-refractivity contribution in [3.8, 4) is 0 Å². The van der Waals surface area contributed by atoms with Crippen LogP contribution in [0.2, 0.25) is 0 Å². The van der Waals surface area contributed by atoms with Gasteiger partial charge < -0.3 is 9.64 Å². The Kier molecular flexibility index (Phi) is 5.03. The number of morpholine rings is 1. The SMILES string of the molecule is CC(C)C1=CC2=CCC3[C@@](C)(CCC[C@]3(C)C(=O)N3CCOCC3)C2CC1. The van der Waals surface area contributed by atoms with Crippen molar-refractivity contribution < 1.29 is 9.53 Å². The number of ether oxygens (including phenoxy) is 1. The normalized spacial score (nSPS) is 39.4. The molecule has 4 aliphatic rings. The minimum absolute atomic E-state index is 0.214. The first kappa shape index (κ1) is 19.2. The molecule has 1 saturated carbocycles. The lowest BCUT2D eigenvalue weighted by Gasteiger charge is -2.58. The van der Waals surface area contributed by atoms with Gasteiger partial charge in [-0.1, -0.05) is 51.8 Å². The second-order valence-electron chi connectivity index (χ2n) is 10.1. The van der Waals surface area contributed by atoms with Crippen molar-refractivity contribution in [2.45, 2.75) is 66.2 Å². The molecule has 3 aliphatic carbocycles. The summed E-state index contributed by atoms with van der Waals surface area (Å²) in [5.41, 5.74) is 3.24. The molecule has 1 saturated heterocycles. The van der Waals surface area contributed by atoms with Crippen LogP contribution in [0.4, 0.5) is 0 Å². The molecule has 4 atom stereocenters. The van der Waals surface area contributed by atoms with E-state index >= 15 is 0 Å². The summed E-state index contributed by atoms with van der Waals surface area (Å²) in [7, 11) is 0. The first-order valence-electron chi connectivity index (χ1n) is 11.1. The molecule has 27 heavy (non-hydrogen) atoms. The summed E-state index contributed by atoms with van der Waals surface area (Å²) in [5.74, 6) is 2.15. The predicted octanol–water partition coefficient (Wildman–Crippen LogP) is 4.98. The van der Waals surface area contributed by atoms with Crippen LogP contribution in [0.15, 0.2) is 23.3 Å². The van der Waals surface area contributed by atoms with E-state index in [2.05, 4.69) is 44.7 Å². The van der Waals surface area contributed by atoms with E-state index in [1.807, 2.05) is 0 Å². The molecule has 0 N–H and O–H groups in total. The van der Waals surface area contributed by atoms with Gasteiger partial charge in [0.05, 0.1) is 18.6 Å². The zero-order valence-corrected chi connectivity index (χ0v) is 17.7. The van der Waals surface area contributed by atoms with E-state index in [1.54, 1.807) is 11.1 Å². The number of hydrogen-bond acceptors (Lipinski definition) is 2. The lowest BCUT2D eigenvalue weighted by Crippen LogP contribution is -2.57. The van der Waals surface area contributed by atoms with Crippen LogP contribution >= 0.6 is 0 Å². The number of fused-ring (bicyclic) bond motifs is 3. The van der Waals surface area contributed by atoms with Gasteiger partial charge in [-0.25, -0.2) is 0 Å². The first-order valence-corrected chi connectivity index (χ1v) is 11.1. The Morgan fingerprint density at radius 2 is 1.96 bits per heavy atom. The fourth-order valence-electron chi connectivity index (χ4n) is 6.73. The first-order chi connectivity index (χ1) is 12.9. The van der Waals surface area contributed by atoms with Crippen LogP contribution in [0.1, 0.15) is 66.2 Å². The number of hydrogen-bond donors (Lipinski definition) is 0. The standard InChI is InChI=1S/C24H37NO2/c1-17(2)18-6-8-20-19(16-18)7-9-21-23(20,3)10-5-11-24(21,4)22(26)25-12-14-27-15-13-25/h7,16-17,20-21H,5-6,8-15H2,1-4H3/t20?,21?,23-,24-/m0/s1. The predicted molar refractivity (Wildman–Crippen MR) is 109 cm³/mol. The van der Waals surface area contributed by atoms with Crippen LogP contribution in [-0.4, -0.2) is 37.1 Å². The van der Waals surface area contributed by atoms with Crippen LogP contribution in [0.3, 0.4) is 0 Å². The number of nitrogens with zero attached hydrogens (tertiary/aromatic N) is 1. The van der Waals surface area contributed by atoms with Crippen LogP contribution in [0.5, 0.6) is 0 Å². The van der Waals surface area contributed by atoms with Gasteiger partial charge in [0.2, 0.25) is 5.91 Å². The number of carbonyl (C=O) groups excluding carboxylic acids is 1. The molecule has 0 bridgehead atoms. The van der Waals surface area contributed by atoms with Gasteiger partial charge in [-0.3, -0.25) is 4.79 Å². The van der Waals surface area contributed by atoms with Gasteiger partial charge >= 0.3 is 0 Å². The lowest BCUT2D eigenvalue weighted by molar-refractivity contribution is -0.159. The van der Waals surface area contributed by atoms with Gasteiger partial charge in [0, 0.05) is 13.1 Å². The maximum Gasteiger partial charge on any atom is 0.228 e.